The number of hydrazine groups is 1. The molecule has 37 heavy (non-hydrogen) atoms. The van der Waals surface area contributed by atoms with Gasteiger partial charge in [0.15, 0.2) is 16.0 Å². The molecule has 5 heterocycles. The average molecular weight is 521 g/mol. The monoisotopic (exact) mass is 520 g/mol. The number of ketones is 1. The summed E-state index contributed by atoms with van der Waals surface area (Å²) in [4.78, 5) is 40.3. The molecule has 6 rings (SSSR count). The smallest absolute Gasteiger partial charge is 0.411 e. The lowest BCUT2D eigenvalue weighted by Crippen LogP contribution is -2.47. The van der Waals surface area contributed by atoms with Gasteiger partial charge in [-0.15, -0.1) is 0 Å². The molecule has 10 nitrogen and oxygen atoms in total. The van der Waals surface area contributed by atoms with Crippen molar-refractivity contribution < 1.29 is 18.7 Å². The first-order valence-electron chi connectivity index (χ1n) is 12.2. The minimum absolute atomic E-state index is 0.0195. The molecule has 1 amide bonds. The van der Waals surface area contributed by atoms with Gasteiger partial charge in [-0.2, -0.15) is 0 Å². The van der Waals surface area contributed by atoms with Gasteiger partial charge in [0, 0.05) is 17.5 Å². The van der Waals surface area contributed by atoms with E-state index in [1.165, 1.54) is 16.7 Å². The third kappa shape index (κ3) is 4.42. The van der Waals surface area contributed by atoms with E-state index in [-0.39, 0.29) is 36.8 Å². The number of rotatable bonds is 3. The Morgan fingerprint density at radius 1 is 1.19 bits per heavy atom. The molecular formula is C26H28N6O4S. The van der Waals surface area contributed by atoms with E-state index in [1.807, 2.05) is 43.3 Å². The Bertz CT molecular complexity index is 1430. The number of ether oxygens (including phenoxy) is 1. The zero-order valence-electron chi connectivity index (χ0n) is 21.0. The zero-order valence-corrected chi connectivity index (χ0v) is 21.8. The van der Waals surface area contributed by atoms with Crippen LogP contribution in [0, 0.1) is 5.92 Å². The molecule has 2 aromatic heterocycles. The van der Waals surface area contributed by atoms with Crippen molar-refractivity contribution in [2.45, 2.75) is 55.5 Å². The predicted octanol–water partition coefficient (Wildman–Crippen LogP) is 3.99. The van der Waals surface area contributed by atoms with Crippen molar-refractivity contribution in [3.63, 3.8) is 0 Å². The molecule has 3 aromatic rings. The number of para-hydroxylation sites is 2. The first-order valence-corrected chi connectivity index (χ1v) is 13.0. The lowest BCUT2D eigenvalue weighted by molar-refractivity contribution is -0.117. The average Bonchev–Trinajstić information content (AvgIpc) is 3.55. The van der Waals surface area contributed by atoms with Crippen molar-refractivity contribution in [2.24, 2.45) is 10.9 Å². The van der Waals surface area contributed by atoms with Crippen molar-refractivity contribution in [3.05, 3.63) is 53.4 Å². The Balaban J connectivity index is 1.32. The highest BCUT2D eigenvalue weighted by atomic mass is 32.2. The molecule has 1 fully saturated rings. The van der Waals surface area contributed by atoms with Crippen molar-refractivity contribution >= 4 is 40.5 Å². The third-order valence-electron chi connectivity index (χ3n) is 6.62. The summed E-state index contributed by atoms with van der Waals surface area (Å²) in [6, 6.07) is 11.7. The summed E-state index contributed by atoms with van der Waals surface area (Å²) in [6.45, 7) is 7.59. The summed E-state index contributed by atoms with van der Waals surface area (Å²) in [5.41, 5.74) is 8.73. The van der Waals surface area contributed by atoms with Crippen LogP contribution in [0.5, 0.6) is 0 Å². The second kappa shape index (κ2) is 8.77. The lowest BCUT2D eigenvalue weighted by atomic mass is 9.75. The molecule has 0 spiro atoms. The molecule has 3 unspecified atom stereocenters. The molecule has 3 aliphatic heterocycles. The number of benzene rings is 1. The number of imidazole rings is 1. The number of hydrogen-bond donors (Lipinski definition) is 3. The quantitative estimate of drug-likeness (QED) is 0.474. The van der Waals surface area contributed by atoms with Gasteiger partial charge in [-0.05, 0) is 63.7 Å². The van der Waals surface area contributed by atoms with Crippen molar-refractivity contribution in [2.75, 3.05) is 13.1 Å². The summed E-state index contributed by atoms with van der Waals surface area (Å²) in [7, 11) is 0. The van der Waals surface area contributed by atoms with E-state index >= 15 is 0 Å². The Morgan fingerprint density at radius 2 is 2.00 bits per heavy atom. The molecule has 0 saturated carbocycles. The maximum Gasteiger partial charge on any atom is 0.411 e. The number of Topliss-reactive ketones (excluding diaryl/α,β-unsaturated/α-hetero) is 1. The van der Waals surface area contributed by atoms with Crippen molar-refractivity contribution in [3.8, 4) is 0 Å². The summed E-state index contributed by atoms with van der Waals surface area (Å²) in [6.07, 6.45) is -0.528. The number of carbonyl (C=O) groups is 2. The van der Waals surface area contributed by atoms with Gasteiger partial charge in [-0.3, -0.25) is 9.69 Å². The normalized spacial score (nSPS) is 23.6. The van der Waals surface area contributed by atoms with Gasteiger partial charge >= 0.3 is 6.09 Å². The zero-order chi connectivity index (χ0) is 25.9. The van der Waals surface area contributed by atoms with Crippen LogP contribution in [0.2, 0.25) is 0 Å². The highest BCUT2D eigenvalue weighted by Gasteiger charge is 2.48. The molecule has 0 aliphatic carbocycles. The number of H-pyrrole nitrogens is 1. The van der Waals surface area contributed by atoms with Crippen molar-refractivity contribution in [1.82, 2.24) is 25.7 Å². The van der Waals surface area contributed by atoms with Gasteiger partial charge in [0.05, 0.1) is 35.7 Å². The number of furan rings is 1. The summed E-state index contributed by atoms with van der Waals surface area (Å²) in [5.74, 6) is 0.823. The molecule has 1 aromatic carbocycles. The van der Waals surface area contributed by atoms with Crippen LogP contribution in [-0.4, -0.2) is 57.3 Å². The Morgan fingerprint density at radius 3 is 2.78 bits per heavy atom. The largest absolute Gasteiger partial charge is 0.454 e. The molecular weight excluding hydrogens is 492 g/mol. The molecule has 3 atom stereocenters. The molecule has 3 aliphatic rings. The highest BCUT2D eigenvalue weighted by Crippen LogP contribution is 2.44. The van der Waals surface area contributed by atoms with Gasteiger partial charge in [-0.1, -0.05) is 12.1 Å². The molecule has 1 saturated heterocycles. The summed E-state index contributed by atoms with van der Waals surface area (Å²) >= 11 is 1.40. The molecule has 3 N–H and O–H groups in total. The van der Waals surface area contributed by atoms with Crippen LogP contribution in [0.4, 0.5) is 4.79 Å². The van der Waals surface area contributed by atoms with Crippen LogP contribution in [0.1, 0.15) is 39.4 Å². The van der Waals surface area contributed by atoms with E-state index in [0.29, 0.717) is 22.1 Å². The van der Waals surface area contributed by atoms with Crippen LogP contribution in [0.25, 0.3) is 11.0 Å². The second-order valence-corrected chi connectivity index (χ2v) is 11.5. The van der Waals surface area contributed by atoms with Gasteiger partial charge in [0.25, 0.3) is 0 Å². The third-order valence-corrected chi connectivity index (χ3v) is 7.43. The Kier molecular flexibility index (Phi) is 5.64. The molecule has 0 radical (unpaired) electrons. The number of carbonyl (C=O) groups excluding carboxylic acids is 2. The van der Waals surface area contributed by atoms with Crippen LogP contribution in [0.3, 0.4) is 0 Å². The molecule has 0 bridgehead atoms. The molecule has 192 valence electrons. The van der Waals surface area contributed by atoms with E-state index in [1.54, 1.807) is 20.8 Å². The maximum absolute atomic E-state index is 13.5. The first-order chi connectivity index (χ1) is 17.7. The van der Waals surface area contributed by atoms with E-state index in [0.717, 1.165) is 22.0 Å². The Hall–Kier alpha value is -3.57. The number of aromatic amines is 1. The molecule has 11 heteroatoms. The summed E-state index contributed by atoms with van der Waals surface area (Å²) in [5, 5.41) is 1.40. The van der Waals surface area contributed by atoms with Crippen LogP contribution in [0.15, 0.2) is 67.3 Å². The predicted molar refractivity (Wildman–Crippen MR) is 138 cm³/mol. The van der Waals surface area contributed by atoms with Crippen molar-refractivity contribution in [1.29, 1.82) is 0 Å². The van der Waals surface area contributed by atoms with Crippen LogP contribution in [-0.2, 0) is 9.53 Å². The summed E-state index contributed by atoms with van der Waals surface area (Å²) < 4.78 is 11.8. The standard InChI is InChI=1S/C26H28N6O4S/c1-13-20-22(18-9-10-19(35-18)37-24-28-14-7-5-6-8-15(14)29-24)21-16(27-23(20)31-30-13)11-32(12-17(21)33)25(34)36-26(2,3)4/h5-10,13,20,22,30H,11-12H2,1-4H3,(H,27,31)(H,28,29). The van der Waals surface area contributed by atoms with Crippen LogP contribution < -0.4 is 10.9 Å². The number of hydrogen-bond acceptors (Lipinski definition) is 9. The number of nitrogens with zero attached hydrogens (tertiary/aromatic N) is 3. The SMILES string of the molecule is CC1NNC2=NC3=C(C(=O)CN(C(=O)OC(C)(C)C)C3)C(c3ccc(Sc4nc5ccccc5[nH]4)o3)C21. The van der Waals surface area contributed by atoms with Gasteiger partial charge in [-0.25, -0.2) is 20.2 Å². The number of amidine groups is 1. The number of aliphatic imine (C=N–C) groups is 1. The van der Waals surface area contributed by atoms with Gasteiger partial charge in [0.2, 0.25) is 0 Å². The highest BCUT2D eigenvalue weighted by molar-refractivity contribution is 7.99. The first kappa shape index (κ1) is 23.8. The topological polar surface area (TPSA) is 125 Å². The Labute approximate surface area is 217 Å². The fraction of sp³-hybridized carbons (Fsp3) is 0.385. The number of nitrogens with one attached hydrogen (secondary N) is 3. The fourth-order valence-corrected chi connectivity index (χ4v) is 5.84. The minimum atomic E-state index is -0.657. The number of aromatic nitrogens is 2. The van der Waals surface area contributed by atoms with E-state index < -0.39 is 11.7 Å². The minimum Gasteiger partial charge on any atom is -0.454 e. The lowest BCUT2D eigenvalue weighted by Gasteiger charge is -2.36. The van der Waals surface area contributed by atoms with Crippen LogP contribution >= 0.6 is 11.8 Å². The van der Waals surface area contributed by atoms with E-state index in [2.05, 4.69) is 20.8 Å². The fourth-order valence-electron chi connectivity index (χ4n) is 5.07. The van der Waals surface area contributed by atoms with Gasteiger partial charge < -0.3 is 19.6 Å². The van der Waals surface area contributed by atoms with E-state index in [9.17, 15) is 9.59 Å². The number of fused-ring (bicyclic) bond motifs is 2. The van der Waals surface area contributed by atoms with E-state index in [4.69, 9.17) is 14.1 Å². The number of amides is 1. The maximum atomic E-state index is 13.5. The second-order valence-electron chi connectivity index (χ2n) is 10.5. The van der Waals surface area contributed by atoms with Gasteiger partial charge in [0.1, 0.15) is 17.2 Å².